The molecule has 0 spiro atoms. The van der Waals surface area contributed by atoms with Gasteiger partial charge in [-0.05, 0) is 24.1 Å². The van der Waals surface area contributed by atoms with E-state index in [1.165, 1.54) is 12.0 Å². The van der Waals surface area contributed by atoms with Crippen molar-refractivity contribution in [2.75, 3.05) is 12.0 Å². The molecule has 1 aromatic rings. The second-order valence-corrected chi connectivity index (χ2v) is 5.33. The van der Waals surface area contributed by atoms with Gasteiger partial charge in [-0.25, -0.2) is 4.90 Å². The Morgan fingerprint density at radius 2 is 1.95 bits per heavy atom. The summed E-state index contributed by atoms with van der Waals surface area (Å²) in [6, 6.07) is 4.95. The van der Waals surface area contributed by atoms with Crippen LogP contribution in [0.15, 0.2) is 18.2 Å². The van der Waals surface area contributed by atoms with E-state index in [0.29, 0.717) is 29.8 Å². The van der Waals surface area contributed by atoms with Crippen LogP contribution in [0.1, 0.15) is 25.3 Å². The number of carbonyl (C=O) groups excluding carboxylic acids is 2. The molecule has 0 atom stereocenters. The summed E-state index contributed by atoms with van der Waals surface area (Å²) in [6.45, 7) is 1.89. The van der Waals surface area contributed by atoms with Crippen LogP contribution in [-0.4, -0.2) is 23.9 Å². The van der Waals surface area contributed by atoms with E-state index in [0.717, 1.165) is 0 Å². The summed E-state index contributed by atoms with van der Waals surface area (Å²) in [5.74, 6) is 0.0601. The molecule has 0 aromatic heterocycles. The van der Waals surface area contributed by atoms with E-state index >= 15 is 0 Å². The number of piperidine rings is 1. The lowest BCUT2D eigenvalue weighted by Gasteiger charge is -2.29. The van der Waals surface area contributed by atoms with Crippen LogP contribution in [0.3, 0.4) is 0 Å². The number of rotatable bonds is 3. The number of carbonyl (C=O) groups is 2. The van der Waals surface area contributed by atoms with Crippen molar-refractivity contribution in [3.05, 3.63) is 23.8 Å². The van der Waals surface area contributed by atoms with Gasteiger partial charge in [-0.1, -0.05) is 19.1 Å². The molecule has 5 nitrogen and oxygen atoms in total. The van der Waals surface area contributed by atoms with E-state index in [2.05, 4.69) is 0 Å². The van der Waals surface area contributed by atoms with Gasteiger partial charge in [0.05, 0.1) is 12.8 Å². The number of benzene rings is 1. The molecule has 0 aliphatic carbocycles. The molecule has 1 aliphatic rings. The third-order valence-electron chi connectivity index (χ3n) is 3.25. The SMILES string of the molecule is COc1cc(C(N)=S)ccc1N1C(=O)CC(C)CC1=O. The first kappa shape index (κ1) is 14.5. The van der Waals surface area contributed by atoms with Crippen molar-refractivity contribution in [2.45, 2.75) is 19.8 Å². The average molecular weight is 292 g/mol. The molecule has 106 valence electrons. The molecule has 1 heterocycles. The molecule has 6 heteroatoms. The number of methoxy groups -OCH3 is 1. The van der Waals surface area contributed by atoms with Crippen LogP contribution in [0.25, 0.3) is 0 Å². The van der Waals surface area contributed by atoms with Gasteiger partial charge < -0.3 is 10.5 Å². The highest BCUT2D eigenvalue weighted by atomic mass is 32.1. The number of nitrogens with two attached hydrogens (primary N) is 1. The van der Waals surface area contributed by atoms with Crippen LogP contribution in [0, 0.1) is 5.92 Å². The van der Waals surface area contributed by atoms with Gasteiger partial charge in [0.25, 0.3) is 0 Å². The lowest BCUT2D eigenvalue weighted by molar-refractivity contribution is -0.130. The van der Waals surface area contributed by atoms with Gasteiger partial charge in [0.15, 0.2) is 0 Å². The minimum Gasteiger partial charge on any atom is -0.495 e. The first-order valence-electron chi connectivity index (χ1n) is 6.27. The Labute approximate surface area is 122 Å². The zero-order chi connectivity index (χ0) is 14.9. The summed E-state index contributed by atoms with van der Waals surface area (Å²) in [4.78, 5) is 25.6. The van der Waals surface area contributed by atoms with E-state index in [1.54, 1.807) is 18.2 Å². The summed E-state index contributed by atoms with van der Waals surface area (Å²) >= 11 is 4.91. The highest BCUT2D eigenvalue weighted by Crippen LogP contribution is 2.33. The first-order valence-corrected chi connectivity index (χ1v) is 6.68. The summed E-state index contributed by atoms with van der Waals surface area (Å²) in [5.41, 5.74) is 6.64. The molecule has 1 aromatic carbocycles. The molecule has 0 saturated carbocycles. The Balaban J connectivity index is 2.44. The molecule has 0 radical (unpaired) electrons. The van der Waals surface area contributed by atoms with Crippen molar-refractivity contribution in [1.29, 1.82) is 0 Å². The molecule has 2 amide bonds. The molecule has 1 aliphatic heterocycles. The molecule has 2 rings (SSSR count). The number of amides is 2. The number of hydrogen-bond acceptors (Lipinski definition) is 4. The van der Waals surface area contributed by atoms with Crippen LogP contribution in [0.5, 0.6) is 5.75 Å². The standard InChI is InChI=1S/C14H16N2O3S/c1-8-5-12(17)16(13(18)6-8)10-4-3-9(14(15)20)7-11(10)19-2/h3-4,7-8H,5-6H2,1-2H3,(H2,15,20). The number of thiocarbonyl (C=S) groups is 1. The van der Waals surface area contributed by atoms with Crippen LogP contribution >= 0.6 is 12.2 Å². The minimum absolute atomic E-state index is 0.0770. The molecule has 1 saturated heterocycles. The second-order valence-electron chi connectivity index (χ2n) is 4.89. The largest absolute Gasteiger partial charge is 0.495 e. The molecular formula is C14H16N2O3S. The predicted octanol–water partition coefficient (Wildman–Crippen LogP) is 1.62. The second kappa shape index (κ2) is 5.58. The molecular weight excluding hydrogens is 276 g/mol. The fraction of sp³-hybridized carbons (Fsp3) is 0.357. The van der Waals surface area contributed by atoms with Crippen molar-refractivity contribution >= 4 is 34.7 Å². The van der Waals surface area contributed by atoms with E-state index in [1.807, 2.05) is 6.92 Å². The van der Waals surface area contributed by atoms with Gasteiger partial charge in [-0.3, -0.25) is 9.59 Å². The summed E-state index contributed by atoms with van der Waals surface area (Å²) in [6.07, 6.45) is 0.706. The Bertz CT molecular complexity index is 568. The van der Waals surface area contributed by atoms with Crippen molar-refractivity contribution in [1.82, 2.24) is 0 Å². The van der Waals surface area contributed by atoms with Gasteiger partial charge >= 0.3 is 0 Å². The van der Waals surface area contributed by atoms with Gasteiger partial charge in [0.2, 0.25) is 11.8 Å². The fourth-order valence-corrected chi connectivity index (χ4v) is 2.40. The number of hydrogen-bond donors (Lipinski definition) is 1. The molecule has 20 heavy (non-hydrogen) atoms. The van der Waals surface area contributed by atoms with Gasteiger partial charge in [-0.15, -0.1) is 0 Å². The van der Waals surface area contributed by atoms with E-state index < -0.39 is 0 Å². The predicted molar refractivity (Wildman–Crippen MR) is 79.8 cm³/mol. The molecule has 2 N–H and O–H groups in total. The van der Waals surface area contributed by atoms with E-state index in [4.69, 9.17) is 22.7 Å². The summed E-state index contributed by atoms with van der Waals surface area (Å²) in [5, 5.41) is 0. The molecule has 0 bridgehead atoms. The molecule has 1 fully saturated rings. The number of ether oxygens (including phenoxy) is 1. The van der Waals surface area contributed by atoms with Crippen LogP contribution in [0.2, 0.25) is 0 Å². The maximum atomic E-state index is 12.1. The minimum atomic E-state index is -0.213. The third-order valence-corrected chi connectivity index (χ3v) is 3.49. The van der Waals surface area contributed by atoms with Crippen LogP contribution in [0.4, 0.5) is 5.69 Å². The highest BCUT2D eigenvalue weighted by Gasteiger charge is 2.33. The van der Waals surface area contributed by atoms with E-state index in [-0.39, 0.29) is 22.7 Å². The van der Waals surface area contributed by atoms with Crippen molar-refractivity contribution in [2.24, 2.45) is 11.7 Å². The number of imide groups is 1. The normalized spacial score (nSPS) is 16.4. The van der Waals surface area contributed by atoms with Crippen LogP contribution in [-0.2, 0) is 9.59 Å². The first-order chi connectivity index (χ1) is 9.43. The summed E-state index contributed by atoms with van der Waals surface area (Å²) in [7, 11) is 1.48. The van der Waals surface area contributed by atoms with Gasteiger partial charge in [0, 0.05) is 18.4 Å². The smallest absolute Gasteiger partial charge is 0.234 e. The van der Waals surface area contributed by atoms with Crippen molar-refractivity contribution in [3.63, 3.8) is 0 Å². The monoisotopic (exact) mass is 292 g/mol. The van der Waals surface area contributed by atoms with Gasteiger partial charge in [-0.2, -0.15) is 0 Å². The van der Waals surface area contributed by atoms with Crippen molar-refractivity contribution in [3.8, 4) is 5.75 Å². The maximum absolute atomic E-state index is 12.1. The Morgan fingerprint density at radius 1 is 1.35 bits per heavy atom. The summed E-state index contributed by atoms with van der Waals surface area (Å²) < 4.78 is 5.25. The Hall–Kier alpha value is -1.95. The third kappa shape index (κ3) is 2.65. The lowest BCUT2D eigenvalue weighted by atomic mass is 9.97. The maximum Gasteiger partial charge on any atom is 0.234 e. The lowest BCUT2D eigenvalue weighted by Crippen LogP contribution is -2.43. The molecule has 0 unspecified atom stereocenters. The Morgan fingerprint density at radius 3 is 2.45 bits per heavy atom. The number of anilines is 1. The topological polar surface area (TPSA) is 72.6 Å². The van der Waals surface area contributed by atoms with Crippen molar-refractivity contribution < 1.29 is 14.3 Å². The average Bonchev–Trinajstić information content (AvgIpc) is 2.37. The highest BCUT2D eigenvalue weighted by molar-refractivity contribution is 7.80. The Kier molecular flexibility index (Phi) is 4.04. The van der Waals surface area contributed by atoms with E-state index in [9.17, 15) is 9.59 Å². The number of nitrogens with zero attached hydrogens (tertiary/aromatic N) is 1. The zero-order valence-electron chi connectivity index (χ0n) is 11.4. The quantitative estimate of drug-likeness (QED) is 0.677. The van der Waals surface area contributed by atoms with Crippen LogP contribution < -0.4 is 15.4 Å². The zero-order valence-corrected chi connectivity index (χ0v) is 12.2. The fourth-order valence-electron chi connectivity index (χ4n) is 2.27. The van der Waals surface area contributed by atoms with Gasteiger partial charge in [0.1, 0.15) is 10.7 Å².